The van der Waals surface area contributed by atoms with Crippen molar-refractivity contribution in [1.82, 2.24) is 0 Å². The van der Waals surface area contributed by atoms with Crippen LogP contribution in [0.25, 0.3) is 0 Å². The van der Waals surface area contributed by atoms with Gasteiger partial charge in [-0.2, -0.15) is 0 Å². The third-order valence-corrected chi connectivity index (χ3v) is 2.58. The van der Waals surface area contributed by atoms with Crippen molar-refractivity contribution in [2.75, 3.05) is 0 Å². The van der Waals surface area contributed by atoms with Gasteiger partial charge in [0.2, 0.25) is 0 Å². The standard InChI is InChI=1S/C14H14N2O2/c1-10-4-2-3-5-13(10)18-12-8-6-11(7-9-12)14(15)16-17/h2-9,17H,1H3,(H2,15,16). The minimum absolute atomic E-state index is 0.0810. The van der Waals surface area contributed by atoms with E-state index in [4.69, 9.17) is 15.7 Å². The van der Waals surface area contributed by atoms with Crippen LogP contribution in [0.1, 0.15) is 11.1 Å². The molecule has 0 heterocycles. The molecule has 0 aliphatic carbocycles. The van der Waals surface area contributed by atoms with E-state index in [2.05, 4.69) is 5.16 Å². The van der Waals surface area contributed by atoms with Crippen molar-refractivity contribution in [1.29, 1.82) is 0 Å². The van der Waals surface area contributed by atoms with E-state index >= 15 is 0 Å². The highest BCUT2D eigenvalue weighted by atomic mass is 16.5. The summed E-state index contributed by atoms with van der Waals surface area (Å²) in [5.74, 6) is 1.60. The molecule has 0 saturated carbocycles. The molecular weight excluding hydrogens is 228 g/mol. The minimum atomic E-state index is 0.0810. The molecule has 2 rings (SSSR count). The summed E-state index contributed by atoms with van der Waals surface area (Å²) in [6.45, 7) is 1.99. The molecule has 0 aliphatic rings. The SMILES string of the molecule is Cc1ccccc1Oc1ccc(/C(N)=N/O)cc1. The Balaban J connectivity index is 2.19. The van der Waals surface area contributed by atoms with Crippen molar-refractivity contribution >= 4 is 5.84 Å². The second-order valence-electron chi connectivity index (χ2n) is 3.88. The van der Waals surface area contributed by atoms with Crippen molar-refractivity contribution < 1.29 is 9.94 Å². The predicted octanol–water partition coefficient (Wildman–Crippen LogP) is 2.88. The Morgan fingerprint density at radius 1 is 1.11 bits per heavy atom. The number of ether oxygens (including phenoxy) is 1. The monoisotopic (exact) mass is 242 g/mol. The molecule has 4 heteroatoms. The molecule has 0 spiro atoms. The minimum Gasteiger partial charge on any atom is -0.457 e. The van der Waals surface area contributed by atoms with Crippen molar-refractivity contribution in [2.45, 2.75) is 6.92 Å². The molecule has 0 aromatic heterocycles. The Labute approximate surface area is 105 Å². The Morgan fingerprint density at radius 2 is 1.78 bits per heavy atom. The summed E-state index contributed by atoms with van der Waals surface area (Å²) in [5, 5.41) is 11.5. The molecule has 0 saturated heterocycles. The van der Waals surface area contributed by atoms with E-state index in [1.54, 1.807) is 24.3 Å². The first-order chi connectivity index (χ1) is 8.70. The van der Waals surface area contributed by atoms with Crippen LogP contribution < -0.4 is 10.5 Å². The number of para-hydroxylation sites is 1. The first-order valence-corrected chi connectivity index (χ1v) is 5.52. The van der Waals surface area contributed by atoms with Crippen LogP contribution in [0.15, 0.2) is 53.7 Å². The molecule has 0 unspecified atom stereocenters. The predicted molar refractivity (Wildman–Crippen MR) is 70.2 cm³/mol. The van der Waals surface area contributed by atoms with Crippen LogP contribution in [0.2, 0.25) is 0 Å². The zero-order valence-electron chi connectivity index (χ0n) is 10.00. The van der Waals surface area contributed by atoms with Gasteiger partial charge in [0.05, 0.1) is 0 Å². The van der Waals surface area contributed by atoms with Crippen molar-refractivity contribution in [3.63, 3.8) is 0 Å². The number of hydrogen-bond donors (Lipinski definition) is 2. The topological polar surface area (TPSA) is 67.8 Å². The highest BCUT2D eigenvalue weighted by Crippen LogP contribution is 2.24. The fraction of sp³-hybridized carbons (Fsp3) is 0.0714. The third kappa shape index (κ3) is 2.60. The number of hydrogen-bond acceptors (Lipinski definition) is 3. The maximum atomic E-state index is 8.56. The maximum Gasteiger partial charge on any atom is 0.170 e. The Morgan fingerprint density at radius 3 is 2.39 bits per heavy atom. The van der Waals surface area contributed by atoms with Crippen LogP contribution in [-0.4, -0.2) is 11.0 Å². The lowest BCUT2D eigenvalue weighted by atomic mass is 10.2. The largest absolute Gasteiger partial charge is 0.457 e. The fourth-order valence-corrected chi connectivity index (χ4v) is 1.55. The molecule has 0 atom stereocenters. The lowest BCUT2D eigenvalue weighted by molar-refractivity contribution is 0.318. The van der Waals surface area contributed by atoms with Gasteiger partial charge in [-0.25, -0.2) is 0 Å². The van der Waals surface area contributed by atoms with Crippen LogP contribution in [-0.2, 0) is 0 Å². The average molecular weight is 242 g/mol. The van der Waals surface area contributed by atoms with E-state index in [9.17, 15) is 0 Å². The number of rotatable bonds is 3. The number of nitrogens with two attached hydrogens (primary N) is 1. The van der Waals surface area contributed by atoms with Gasteiger partial charge in [-0.1, -0.05) is 23.4 Å². The molecule has 0 aliphatic heterocycles. The summed E-state index contributed by atoms with van der Waals surface area (Å²) >= 11 is 0. The maximum absolute atomic E-state index is 8.56. The summed E-state index contributed by atoms with van der Waals surface area (Å²) in [5.41, 5.74) is 7.20. The van der Waals surface area contributed by atoms with Crippen molar-refractivity contribution in [3.05, 3.63) is 59.7 Å². The van der Waals surface area contributed by atoms with E-state index in [0.29, 0.717) is 11.3 Å². The second kappa shape index (κ2) is 5.23. The summed E-state index contributed by atoms with van der Waals surface area (Å²) < 4.78 is 5.73. The van der Waals surface area contributed by atoms with Crippen molar-refractivity contribution in [3.8, 4) is 11.5 Å². The second-order valence-corrected chi connectivity index (χ2v) is 3.88. The van der Waals surface area contributed by atoms with E-state index in [-0.39, 0.29) is 5.84 Å². The molecule has 92 valence electrons. The summed E-state index contributed by atoms with van der Waals surface area (Å²) in [6, 6.07) is 14.8. The molecule has 2 aromatic rings. The number of amidine groups is 1. The summed E-state index contributed by atoms with van der Waals surface area (Å²) in [6.07, 6.45) is 0. The highest BCUT2D eigenvalue weighted by molar-refractivity contribution is 5.97. The van der Waals surface area contributed by atoms with Crippen LogP contribution in [0, 0.1) is 6.92 Å². The van der Waals surface area contributed by atoms with Gasteiger partial charge in [-0.05, 0) is 42.8 Å². The van der Waals surface area contributed by atoms with Gasteiger partial charge in [0.25, 0.3) is 0 Å². The van der Waals surface area contributed by atoms with Gasteiger partial charge < -0.3 is 15.7 Å². The Kier molecular flexibility index (Phi) is 3.48. The zero-order chi connectivity index (χ0) is 13.0. The zero-order valence-corrected chi connectivity index (χ0v) is 10.00. The smallest absolute Gasteiger partial charge is 0.170 e. The van der Waals surface area contributed by atoms with Gasteiger partial charge in [-0.3, -0.25) is 0 Å². The molecule has 18 heavy (non-hydrogen) atoms. The van der Waals surface area contributed by atoms with Crippen LogP contribution in [0.5, 0.6) is 11.5 Å². The Hall–Kier alpha value is -2.49. The average Bonchev–Trinajstić information content (AvgIpc) is 2.41. The van der Waals surface area contributed by atoms with Gasteiger partial charge >= 0.3 is 0 Å². The molecule has 2 aromatic carbocycles. The van der Waals surface area contributed by atoms with Crippen LogP contribution in [0.4, 0.5) is 0 Å². The lowest BCUT2D eigenvalue weighted by Crippen LogP contribution is -2.12. The van der Waals surface area contributed by atoms with Crippen molar-refractivity contribution in [2.24, 2.45) is 10.9 Å². The number of benzene rings is 2. The quantitative estimate of drug-likeness (QED) is 0.376. The van der Waals surface area contributed by atoms with Gasteiger partial charge in [0.15, 0.2) is 5.84 Å². The van der Waals surface area contributed by atoms with Gasteiger partial charge in [-0.15, -0.1) is 0 Å². The first kappa shape index (κ1) is 12.0. The van der Waals surface area contributed by atoms with Gasteiger partial charge in [0, 0.05) is 5.56 Å². The molecule has 3 N–H and O–H groups in total. The molecular formula is C14H14N2O2. The summed E-state index contributed by atoms with van der Waals surface area (Å²) in [7, 11) is 0. The number of aryl methyl sites for hydroxylation is 1. The number of oxime groups is 1. The highest BCUT2D eigenvalue weighted by Gasteiger charge is 2.02. The van der Waals surface area contributed by atoms with E-state index in [1.165, 1.54) is 0 Å². The van der Waals surface area contributed by atoms with E-state index < -0.39 is 0 Å². The molecule has 0 radical (unpaired) electrons. The van der Waals surface area contributed by atoms with E-state index in [1.807, 2.05) is 31.2 Å². The third-order valence-electron chi connectivity index (χ3n) is 2.58. The molecule has 0 bridgehead atoms. The molecule has 4 nitrogen and oxygen atoms in total. The number of nitrogens with zero attached hydrogens (tertiary/aromatic N) is 1. The van der Waals surface area contributed by atoms with E-state index in [0.717, 1.165) is 11.3 Å². The molecule has 0 fully saturated rings. The fourth-order valence-electron chi connectivity index (χ4n) is 1.55. The van der Waals surface area contributed by atoms with Gasteiger partial charge in [0.1, 0.15) is 11.5 Å². The van der Waals surface area contributed by atoms with Crippen LogP contribution >= 0.6 is 0 Å². The van der Waals surface area contributed by atoms with Crippen LogP contribution in [0.3, 0.4) is 0 Å². The first-order valence-electron chi connectivity index (χ1n) is 5.52. The Bertz CT molecular complexity index is 562. The molecule has 0 amide bonds. The normalized spacial score (nSPS) is 11.3. The lowest BCUT2D eigenvalue weighted by Gasteiger charge is -2.08. The summed E-state index contributed by atoms with van der Waals surface area (Å²) in [4.78, 5) is 0.